The van der Waals surface area contributed by atoms with Gasteiger partial charge in [0.2, 0.25) is 5.95 Å². The molecule has 0 radical (unpaired) electrons. The number of thiophene rings is 1. The minimum absolute atomic E-state index is 0.0746. The van der Waals surface area contributed by atoms with Crippen LogP contribution < -0.4 is 5.32 Å². The van der Waals surface area contributed by atoms with E-state index in [1.54, 1.807) is 24.7 Å². The molecular formula is C17H18N6OS. The van der Waals surface area contributed by atoms with Crippen molar-refractivity contribution < 1.29 is 4.79 Å². The fourth-order valence-corrected chi connectivity index (χ4v) is 3.69. The molecule has 25 heavy (non-hydrogen) atoms. The predicted molar refractivity (Wildman–Crippen MR) is 95.3 cm³/mol. The second-order valence-corrected chi connectivity index (χ2v) is 6.93. The van der Waals surface area contributed by atoms with Crippen LogP contribution in [-0.2, 0) is 13.1 Å². The summed E-state index contributed by atoms with van der Waals surface area (Å²) in [5.41, 5.74) is 1.06. The van der Waals surface area contributed by atoms with E-state index in [1.807, 2.05) is 33.2 Å². The van der Waals surface area contributed by atoms with E-state index < -0.39 is 0 Å². The lowest BCUT2D eigenvalue weighted by atomic mass is 10.1. The number of carbonyl (C=O) groups excluding carboxylic acids is 1. The van der Waals surface area contributed by atoms with Crippen LogP contribution in [0.15, 0.2) is 48.2 Å². The number of fused-ring (bicyclic) bond motifs is 1. The summed E-state index contributed by atoms with van der Waals surface area (Å²) >= 11 is 1.48. The Balaban J connectivity index is 1.52. The summed E-state index contributed by atoms with van der Waals surface area (Å²) in [7, 11) is 0. The van der Waals surface area contributed by atoms with Crippen molar-refractivity contribution >= 4 is 23.2 Å². The van der Waals surface area contributed by atoms with E-state index in [2.05, 4.69) is 20.4 Å². The number of anilines is 1. The summed E-state index contributed by atoms with van der Waals surface area (Å²) in [4.78, 5) is 23.9. The molecule has 0 spiro atoms. The number of hydrogen-bond acceptors (Lipinski definition) is 6. The Morgan fingerprint density at radius 3 is 2.88 bits per heavy atom. The lowest BCUT2D eigenvalue weighted by molar-refractivity contribution is 0.0729. The fourth-order valence-electron chi connectivity index (χ4n) is 3.00. The summed E-state index contributed by atoms with van der Waals surface area (Å²) in [5.74, 6) is 0.892. The highest BCUT2D eigenvalue weighted by atomic mass is 32.1. The van der Waals surface area contributed by atoms with E-state index >= 15 is 0 Å². The van der Waals surface area contributed by atoms with Gasteiger partial charge in [0.1, 0.15) is 0 Å². The summed E-state index contributed by atoms with van der Waals surface area (Å²) in [6.07, 6.45) is 5.21. The van der Waals surface area contributed by atoms with Crippen molar-refractivity contribution in [2.75, 3.05) is 18.4 Å². The van der Waals surface area contributed by atoms with Gasteiger partial charge in [-0.25, -0.2) is 9.97 Å². The van der Waals surface area contributed by atoms with Crippen molar-refractivity contribution in [1.82, 2.24) is 24.6 Å². The van der Waals surface area contributed by atoms with Crippen LogP contribution in [0.3, 0.4) is 0 Å². The zero-order chi connectivity index (χ0) is 17.1. The van der Waals surface area contributed by atoms with Gasteiger partial charge in [0.25, 0.3) is 5.91 Å². The van der Waals surface area contributed by atoms with Crippen molar-refractivity contribution in [2.45, 2.75) is 13.1 Å². The maximum atomic E-state index is 12.8. The summed E-state index contributed by atoms with van der Waals surface area (Å²) in [6.45, 7) is 2.68. The molecule has 4 rings (SSSR count). The molecular weight excluding hydrogens is 336 g/mol. The molecule has 128 valence electrons. The van der Waals surface area contributed by atoms with Gasteiger partial charge < -0.3 is 10.2 Å². The zero-order valence-corrected chi connectivity index (χ0v) is 14.4. The molecule has 0 saturated carbocycles. The minimum Gasteiger partial charge on any atom is -0.354 e. The van der Waals surface area contributed by atoms with E-state index in [9.17, 15) is 4.79 Å². The smallest absolute Gasteiger partial charge is 0.264 e. The number of nitrogens with zero attached hydrogens (tertiary/aromatic N) is 5. The monoisotopic (exact) mass is 354 g/mol. The van der Waals surface area contributed by atoms with E-state index in [4.69, 9.17) is 0 Å². The lowest BCUT2D eigenvalue weighted by Crippen LogP contribution is -2.35. The standard InChI is InChI=1S/C17H18N6OS/c24-16(15-3-1-8-25-15)22-10-13(9-20-17-18-5-2-6-19-17)11-23-14(12-22)4-7-21-23/h1-8,13H,9-12H2,(H,18,19,20)/t13-/m1/s1. The highest BCUT2D eigenvalue weighted by Crippen LogP contribution is 2.20. The van der Waals surface area contributed by atoms with E-state index in [1.165, 1.54) is 11.3 Å². The number of nitrogens with one attached hydrogen (secondary N) is 1. The number of carbonyl (C=O) groups is 1. The Labute approximate surface area is 149 Å². The molecule has 8 heteroatoms. The molecule has 0 bridgehead atoms. The maximum absolute atomic E-state index is 12.8. The van der Waals surface area contributed by atoms with Crippen LogP contribution in [0.4, 0.5) is 5.95 Å². The molecule has 1 amide bonds. The Bertz CT molecular complexity index is 832. The van der Waals surface area contributed by atoms with E-state index in [-0.39, 0.29) is 11.8 Å². The first-order chi connectivity index (χ1) is 12.3. The zero-order valence-electron chi connectivity index (χ0n) is 13.6. The van der Waals surface area contributed by atoms with Crippen LogP contribution in [-0.4, -0.2) is 43.6 Å². The van der Waals surface area contributed by atoms with Crippen molar-refractivity contribution in [3.05, 3.63) is 58.8 Å². The molecule has 1 N–H and O–H groups in total. The van der Waals surface area contributed by atoms with Crippen LogP contribution >= 0.6 is 11.3 Å². The van der Waals surface area contributed by atoms with Gasteiger partial charge in [-0.3, -0.25) is 9.48 Å². The molecule has 1 atom stereocenters. The van der Waals surface area contributed by atoms with Crippen molar-refractivity contribution in [1.29, 1.82) is 0 Å². The van der Waals surface area contributed by atoms with Gasteiger partial charge in [0.05, 0.1) is 17.1 Å². The third kappa shape index (κ3) is 3.53. The highest BCUT2D eigenvalue weighted by Gasteiger charge is 2.26. The minimum atomic E-state index is 0.0746. The van der Waals surface area contributed by atoms with Crippen molar-refractivity contribution in [2.24, 2.45) is 5.92 Å². The van der Waals surface area contributed by atoms with Crippen molar-refractivity contribution in [3.63, 3.8) is 0 Å². The van der Waals surface area contributed by atoms with E-state index in [0.717, 1.165) is 17.1 Å². The maximum Gasteiger partial charge on any atom is 0.264 e. The Morgan fingerprint density at radius 1 is 1.20 bits per heavy atom. The molecule has 0 saturated heterocycles. The molecule has 1 aliphatic heterocycles. The summed E-state index contributed by atoms with van der Waals surface area (Å²) in [5, 5.41) is 9.59. The van der Waals surface area contributed by atoms with E-state index in [0.29, 0.717) is 25.6 Å². The molecule has 1 aliphatic rings. The van der Waals surface area contributed by atoms with Crippen LogP contribution in [0.2, 0.25) is 0 Å². The van der Waals surface area contributed by atoms with Gasteiger partial charge in [-0.15, -0.1) is 11.3 Å². The van der Waals surface area contributed by atoms with Gasteiger partial charge in [-0.1, -0.05) is 6.07 Å². The Morgan fingerprint density at radius 2 is 2.08 bits per heavy atom. The first kappa shape index (κ1) is 15.8. The third-order valence-electron chi connectivity index (χ3n) is 4.20. The summed E-state index contributed by atoms with van der Waals surface area (Å²) in [6, 6.07) is 7.55. The molecule has 0 unspecified atom stereocenters. The largest absolute Gasteiger partial charge is 0.354 e. The fraction of sp³-hybridized carbons (Fsp3) is 0.294. The Hall–Kier alpha value is -2.74. The normalized spacial score (nSPS) is 17.0. The van der Waals surface area contributed by atoms with Crippen LogP contribution in [0.1, 0.15) is 15.4 Å². The van der Waals surface area contributed by atoms with Gasteiger partial charge in [-0.2, -0.15) is 5.10 Å². The molecule has 0 aliphatic carbocycles. The van der Waals surface area contributed by atoms with Gasteiger partial charge in [0.15, 0.2) is 0 Å². The molecule has 3 aromatic heterocycles. The lowest BCUT2D eigenvalue weighted by Gasteiger charge is -2.23. The van der Waals surface area contributed by atoms with Crippen LogP contribution in [0.5, 0.6) is 0 Å². The van der Waals surface area contributed by atoms with Gasteiger partial charge >= 0.3 is 0 Å². The predicted octanol–water partition coefficient (Wildman–Crippen LogP) is 2.12. The average Bonchev–Trinajstić information content (AvgIpc) is 3.29. The first-order valence-corrected chi connectivity index (χ1v) is 9.02. The van der Waals surface area contributed by atoms with Gasteiger partial charge in [-0.05, 0) is 23.6 Å². The number of hydrogen-bond donors (Lipinski definition) is 1. The number of amides is 1. The molecule has 3 aromatic rings. The molecule has 0 fully saturated rings. The second kappa shape index (κ2) is 7.02. The summed E-state index contributed by atoms with van der Waals surface area (Å²) < 4.78 is 1.99. The Kier molecular flexibility index (Phi) is 4.43. The molecule has 0 aromatic carbocycles. The van der Waals surface area contributed by atoms with Crippen LogP contribution in [0, 0.1) is 5.92 Å². The average molecular weight is 354 g/mol. The topological polar surface area (TPSA) is 75.9 Å². The number of rotatable bonds is 4. The molecule has 4 heterocycles. The first-order valence-electron chi connectivity index (χ1n) is 8.14. The van der Waals surface area contributed by atoms with Gasteiger partial charge in [0, 0.05) is 44.1 Å². The SMILES string of the molecule is O=C(c1cccs1)N1Cc2ccnn2C[C@H](CNc2ncccn2)C1. The third-order valence-corrected chi connectivity index (χ3v) is 5.06. The number of aromatic nitrogens is 4. The second-order valence-electron chi connectivity index (χ2n) is 5.99. The highest BCUT2D eigenvalue weighted by molar-refractivity contribution is 7.12. The van der Waals surface area contributed by atoms with Crippen molar-refractivity contribution in [3.8, 4) is 0 Å². The molecule has 7 nitrogen and oxygen atoms in total. The quantitative estimate of drug-likeness (QED) is 0.777. The van der Waals surface area contributed by atoms with Crippen LogP contribution in [0.25, 0.3) is 0 Å².